The summed E-state index contributed by atoms with van der Waals surface area (Å²) in [6, 6.07) is 13.5. The number of rotatable bonds is 8. The van der Waals surface area contributed by atoms with Crippen LogP contribution in [0.3, 0.4) is 0 Å². The van der Waals surface area contributed by atoms with Crippen LogP contribution >= 0.6 is 11.8 Å². The summed E-state index contributed by atoms with van der Waals surface area (Å²) < 4.78 is 30.5. The van der Waals surface area contributed by atoms with Gasteiger partial charge < -0.3 is 10.1 Å². The lowest BCUT2D eigenvalue weighted by Gasteiger charge is -2.55. The first-order valence-corrected chi connectivity index (χ1v) is 12.4. The van der Waals surface area contributed by atoms with E-state index >= 15 is 0 Å². The number of hydrogen-bond donors (Lipinski definition) is 1. The van der Waals surface area contributed by atoms with Crippen molar-refractivity contribution >= 4 is 34.9 Å². The summed E-state index contributed by atoms with van der Waals surface area (Å²) in [6.07, 6.45) is 6.63. The van der Waals surface area contributed by atoms with Crippen LogP contribution in [-0.4, -0.2) is 24.1 Å². The molecular weight excluding hydrogens is 444 g/mol. The van der Waals surface area contributed by atoms with Crippen LogP contribution in [0.5, 0.6) is 0 Å². The summed E-state index contributed by atoms with van der Waals surface area (Å²) >= 11 is 0.484. The molecule has 33 heavy (non-hydrogen) atoms. The lowest BCUT2D eigenvalue weighted by molar-refractivity contribution is -0.147. The van der Waals surface area contributed by atoms with E-state index in [9.17, 15) is 18.4 Å². The van der Waals surface area contributed by atoms with Gasteiger partial charge in [0, 0.05) is 16.0 Å². The molecule has 4 bridgehead atoms. The van der Waals surface area contributed by atoms with Gasteiger partial charge in [0.2, 0.25) is 0 Å². The van der Waals surface area contributed by atoms with Gasteiger partial charge in [-0.2, -0.15) is 8.78 Å². The van der Waals surface area contributed by atoms with Crippen LogP contribution in [0.2, 0.25) is 0 Å². The van der Waals surface area contributed by atoms with Crippen molar-refractivity contribution in [3.63, 3.8) is 0 Å². The highest BCUT2D eigenvalue weighted by molar-refractivity contribution is 7.99. The molecule has 0 atom stereocenters. The van der Waals surface area contributed by atoms with Crippen LogP contribution in [0.25, 0.3) is 0 Å². The number of carbonyl (C=O) groups excluding carboxylic acids is 2. The van der Waals surface area contributed by atoms with Gasteiger partial charge in [-0.15, -0.1) is 0 Å². The van der Waals surface area contributed by atoms with Gasteiger partial charge in [0.05, 0.1) is 11.3 Å². The Kier molecular flexibility index (Phi) is 6.16. The molecule has 2 aromatic rings. The third-order valence-electron chi connectivity index (χ3n) is 7.47. The van der Waals surface area contributed by atoms with Gasteiger partial charge in [-0.05, 0) is 92.7 Å². The fourth-order valence-electron chi connectivity index (χ4n) is 6.46. The Balaban J connectivity index is 1.23. The van der Waals surface area contributed by atoms with E-state index in [2.05, 4.69) is 5.32 Å². The summed E-state index contributed by atoms with van der Waals surface area (Å²) in [5.41, 5.74) is 1.25. The van der Waals surface area contributed by atoms with Crippen LogP contribution in [0.4, 0.5) is 20.2 Å². The third kappa shape index (κ3) is 4.79. The highest BCUT2D eigenvalue weighted by atomic mass is 32.2. The van der Waals surface area contributed by atoms with Crippen molar-refractivity contribution in [1.29, 1.82) is 0 Å². The van der Waals surface area contributed by atoms with Gasteiger partial charge in [-0.1, -0.05) is 23.9 Å². The maximum absolute atomic E-state index is 13.2. The van der Waals surface area contributed by atoms with Crippen molar-refractivity contribution in [2.24, 2.45) is 23.2 Å². The van der Waals surface area contributed by atoms with E-state index in [-0.39, 0.29) is 17.8 Å². The maximum Gasteiger partial charge on any atom is 0.340 e. The molecule has 6 rings (SSSR count). The summed E-state index contributed by atoms with van der Waals surface area (Å²) in [5.74, 6) is -0.960. The number of nitrogens with one attached hydrogen (secondary N) is 1. The third-order valence-corrected chi connectivity index (χ3v) is 8.19. The molecule has 0 amide bonds. The van der Waals surface area contributed by atoms with Gasteiger partial charge in [0.15, 0.2) is 12.4 Å². The average Bonchev–Trinajstić information content (AvgIpc) is 2.77. The Bertz CT molecular complexity index is 1000. The van der Waals surface area contributed by atoms with Gasteiger partial charge >= 0.3 is 5.97 Å². The first kappa shape index (κ1) is 22.4. The largest absolute Gasteiger partial charge is 0.454 e. The predicted octanol–water partition coefficient (Wildman–Crippen LogP) is 6.69. The number of esters is 1. The van der Waals surface area contributed by atoms with E-state index in [0.29, 0.717) is 51.3 Å². The Morgan fingerprint density at radius 2 is 1.58 bits per heavy atom. The number of ketones is 1. The molecular formula is C26H27F2NO3S. The molecule has 0 unspecified atom stereocenters. The van der Waals surface area contributed by atoms with Crippen LogP contribution in [-0.2, 0) is 9.53 Å². The molecule has 4 saturated carbocycles. The van der Waals surface area contributed by atoms with E-state index < -0.39 is 11.7 Å². The van der Waals surface area contributed by atoms with E-state index in [0.717, 1.165) is 19.3 Å². The minimum Gasteiger partial charge on any atom is -0.454 e. The lowest BCUT2D eigenvalue weighted by Crippen LogP contribution is -2.51. The van der Waals surface area contributed by atoms with Crippen LogP contribution in [0, 0.1) is 23.2 Å². The number of Topliss-reactive ketones (excluding diaryl/α,β-unsaturated/α-hetero) is 1. The molecule has 0 saturated heterocycles. The topological polar surface area (TPSA) is 55.4 Å². The fraction of sp³-hybridized carbons (Fsp3) is 0.462. The minimum atomic E-state index is -2.47. The van der Waals surface area contributed by atoms with Crippen molar-refractivity contribution < 1.29 is 23.1 Å². The highest BCUT2D eigenvalue weighted by Gasteiger charge is 2.54. The molecule has 4 aliphatic rings. The molecule has 0 aliphatic heterocycles. The zero-order chi connectivity index (χ0) is 23.0. The normalized spacial score (nSPS) is 27.5. The number of anilines is 2. The summed E-state index contributed by atoms with van der Waals surface area (Å²) in [7, 11) is 0. The number of hydrogen-bond acceptors (Lipinski definition) is 5. The predicted molar refractivity (Wildman–Crippen MR) is 124 cm³/mol. The zero-order valence-corrected chi connectivity index (χ0v) is 19.1. The van der Waals surface area contributed by atoms with Crippen molar-refractivity contribution in [3.8, 4) is 0 Å². The molecule has 7 heteroatoms. The number of halogens is 2. The van der Waals surface area contributed by atoms with Crippen LogP contribution in [0.1, 0.15) is 48.9 Å². The molecule has 0 spiro atoms. The molecule has 4 fully saturated rings. The zero-order valence-electron chi connectivity index (χ0n) is 18.3. The number of ether oxygens (including phenoxy) is 1. The molecule has 0 heterocycles. The van der Waals surface area contributed by atoms with Gasteiger partial charge in [0.25, 0.3) is 5.76 Å². The standard InChI is InChI=1S/C26H27F2NO3S/c27-25(28)33-20-7-5-19(6-8-20)29-22-4-2-1-3-21(22)24(31)32-15-23(30)26-12-16-9-17(13-26)11-18(10-16)14-26/h1-8,16-18,25,29H,9-15H2. The quantitative estimate of drug-likeness (QED) is 0.343. The summed E-state index contributed by atoms with van der Waals surface area (Å²) in [5, 5.41) is 3.15. The molecule has 0 radical (unpaired) electrons. The summed E-state index contributed by atoms with van der Waals surface area (Å²) in [4.78, 5) is 26.5. The van der Waals surface area contributed by atoms with E-state index in [1.54, 1.807) is 48.5 Å². The number of benzene rings is 2. The lowest BCUT2D eigenvalue weighted by atomic mass is 9.48. The molecule has 4 nitrogen and oxygen atoms in total. The second kappa shape index (κ2) is 9.09. The van der Waals surface area contributed by atoms with E-state index in [1.165, 1.54) is 19.3 Å². The van der Waals surface area contributed by atoms with Gasteiger partial charge in [-0.25, -0.2) is 4.79 Å². The van der Waals surface area contributed by atoms with Crippen LogP contribution < -0.4 is 5.32 Å². The average molecular weight is 472 g/mol. The fourth-order valence-corrected chi connectivity index (χ4v) is 6.96. The second-order valence-corrected chi connectivity index (χ2v) is 10.8. The number of alkyl halides is 2. The molecule has 174 valence electrons. The number of thioether (sulfide) groups is 1. The molecule has 4 aliphatic carbocycles. The Hall–Kier alpha value is -2.41. The smallest absolute Gasteiger partial charge is 0.340 e. The van der Waals surface area contributed by atoms with Gasteiger partial charge in [-0.3, -0.25) is 4.79 Å². The van der Waals surface area contributed by atoms with Crippen molar-refractivity contribution in [2.75, 3.05) is 11.9 Å². The SMILES string of the molecule is O=C(OCC(=O)C12CC3CC(CC(C3)C1)C2)c1ccccc1Nc1ccc(SC(F)F)cc1. The maximum atomic E-state index is 13.2. The first-order chi connectivity index (χ1) is 15.9. The van der Waals surface area contributed by atoms with Crippen molar-refractivity contribution in [2.45, 2.75) is 49.2 Å². The van der Waals surface area contributed by atoms with E-state index in [4.69, 9.17) is 4.74 Å². The van der Waals surface area contributed by atoms with Crippen LogP contribution in [0.15, 0.2) is 53.4 Å². The van der Waals surface area contributed by atoms with Crippen molar-refractivity contribution in [3.05, 3.63) is 54.1 Å². The minimum absolute atomic E-state index is 0.0764. The van der Waals surface area contributed by atoms with Gasteiger partial charge in [0.1, 0.15) is 0 Å². The number of carbonyl (C=O) groups is 2. The number of para-hydroxylation sites is 1. The summed E-state index contributed by atoms with van der Waals surface area (Å²) in [6.45, 7) is -0.182. The Labute approximate surface area is 196 Å². The molecule has 0 aromatic heterocycles. The Morgan fingerprint density at radius 1 is 0.970 bits per heavy atom. The Morgan fingerprint density at radius 3 is 2.18 bits per heavy atom. The molecule has 2 aromatic carbocycles. The highest BCUT2D eigenvalue weighted by Crippen LogP contribution is 2.60. The van der Waals surface area contributed by atoms with E-state index in [1.807, 2.05) is 0 Å². The van der Waals surface area contributed by atoms with Crippen molar-refractivity contribution in [1.82, 2.24) is 0 Å². The monoisotopic (exact) mass is 471 g/mol. The molecule has 1 N–H and O–H groups in total. The first-order valence-electron chi connectivity index (χ1n) is 11.5. The second-order valence-electron chi connectivity index (χ2n) is 9.77.